The van der Waals surface area contributed by atoms with E-state index in [9.17, 15) is 4.79 Å². The number of benzene rings is 1. The number of rotatable bonds is 5. The zero-order chi connectivity index (χ0) is 19.2. The van der Waals surface area contributed by atoms with Crippen LogP contribution in [-0.2, 0) is 6.54 Å². The van der Waals surface area contributed by atoms with Crippen molar-refractivity contribution in [1.29, 1.82) is 0 Å². The van der Waals surface area contributed by atoms with Gasteiger partial charge in [0.1, 0.15) is 11.6 Å². The molecule has 0 atom stereocenters. The number of pyridine rings is 1. The van der Waals surface area contributed by atoms with Crippen LogP contribution in [-0.4, -0.2) is 31.1 Å². The van der Waals surface area contributed by atoms with Crippen molar-refractivity contribution in [2.75, 3.05) is 30.8 Å². The maximum absolute atomic E-state index is 12.5. The fourth-order valence-electron chi connectivity index (χ4n) is 3.20. The minimum absolute atomic E-state index is 0. The number of nitrogens with two attached hydrogens (primary N) is 1. The highest BCUT2D eigenvalue weighted by molar-refractivity contribution is 6.33. The van der Waals surface area contributed by atoms with Gasteiger partial charge < -0.3 is 20.7 Å². The summed E-state index contributed by atoms with van der Waals surface area (Å²) in [6, 6.07) is 7.09. The molecule has 29 heavy (non-hydrogen) atoms. The molecule has 2 heterocycles. The Morgan fingerprint density at radius 1 is 1.21 bits per heavy atom. The van der Waals surface area contributed by atoms with Gasteiger partial charge in [-0.2, -0.15) is 0 Å². The fraction of sp³-hybridized carbons (Fsp3) is 0.400. The van der Waals surface area contributed by atoms with Gasteiger partial charge in [0, 0.05) is 31.9 Å². The molecule has 1 aliphatic rings. The van der Waals surface area contributed by atoms with Crippen LogP contribution >= 0.6 is 36.4 Å². The van der Waals surface area contributed by atoms with Crippen molar-refractivity contribution in [3.63, 3.8) is 0 Å². The van der Waals surface area contributed by atoms with Crippen molar-refractivity contribution in [2.24, 2.45) is 0 Å². The number of nitrogens with one attached hydrogen (secondary N) is 1. The summed E-state index contributed by atoms with van der Waals surface area (Å²) in [6.45, 7) is 2.48. The lowest BCUT2D eigenvalue weighted by Crippen LogP contribution is -2.25. The third-order valence-electron chi connectivity index (χ3n) is 4.76. The number of amides is 1. The summed E-state index contributed by atoms with van der Waals surface area (Å²) in [5.74, 6) is 1.12. The molecule has 9 heteroatoms. The predicted molar refractivity (Wildman–Crippen MR) is 123 cm³/mol. The maximum atomic E-state index is 12.5. The summed E-state index contributed by atoms with van der Waals surface area (Å²) >= 11 is 6.03. The Bertz CT molecular complexity index is 795. The summed E-state index contributed by atoms with van der Waals surface area (Å²) in [6.07, 6.45) is 6.82. The average Bonchev–Trinajstić information content (AvgIpc) is 2.97. The van der Waals surface area contributed by atoms with Crippen molar-refractivity contribution >= 4 is 53.8 Å². The Labute approximate surface area is 189 Å². The largest absolute Gasteiger partial charge is 0.496 e. The summed E-state index contributed by atoms with van der Waals surface area (Å²) < 4.78 is 5.23. The van der Waals surface area contributed by atoms with Gasteiger partial charge in [-0.05, 0) is 30.5 Å². The molecule has 1 amide bonds. The van der Waals surface area contributed by atoms with Crippen molar-refractivity contribution in [2.45, 2.75) is 32.2 Å². The quantitative estimate of drug-likeness (QED) is 0.642. The van der Waals surface area contributed by atoms with E-state index in [-0.39, 0.29) is 30.7 Å². The molecule has 0 spiro atoms. The standard InChI is InChI=1S/C20H25ClN4O2.2ClH/c1-27-18-11-17(22)16(21)10-15(18)20(26)24-13-14-6-7-19(23-12-14)25-8-4-2-3-5-9-25;;/h6-7,10-12H,2-5,8-9,13,22H2,1H3,(H,24,26);2*1H. The first-order chi connectivity index (χ1) is 13.1. The Hall–Kier alpha value is -1.89. The Morgan fingerprint density at radius 3 is 2.48 bits per heavy atom. The second-order valence-corrected chi connectivity index (χ2v) is 7.09. The van der Waals surface area contributed by atoms with Crippen LogP contribution in [0.1, 0.15) is 41.6 Å². The van der Waals surface area contributed by atoms with E-state index in [0.717, 1.165) is 24.5 Å². The summed E-state index contributed by atoms with van der Waals surface area (Å²) in [7, 11) is 1.49. The summed E-state index contributed by atoms with van der Waals surface area (Å²) in [4.78, 5) is 19.4. The van der Waals surface area contributed by atoms with E-state index in [1.165, 1.54) is 38.9 Å². The molecule has 0 saturated carbocycles. The molecule has 1 aromatic carbocycles. The molecule has 3 rings (SSSR count). The molecule has 0 radical (unpaired) electrons. The molecule has 0 aliphatic carbocycles. The van der Waals surface area contributed by atoms with Gasteiger partial charge >= 0.3 is 0 Å². The zero-order valence-corrected chi connectivity index (χ0v) is 18.7. The van der Waals surface area contributed by atoms with Crippen molar-refractivity contribution in [3.05, 3.63) is 46.6 Å². The van der Waals surface area contributed by atoms with Gasteiger partial charge in [0.2, 0.25) is 0 Å². The number of ether oxygens (including phenoxy) is 1. The number of methoxy groups -OCH3 is 1. The highest BCUT2D eigenvalue weighted by Crippen LogP contribution is 2.28. The first kappa shape index (κ1) is 25.1. The van der Waals surface area contributed by atoms with Crippen LogP contribution in [0.3, 0.4) is 0 Å². The van der Waals surface area contributed by atoms with Gasteiger partial charge in [-0.1, -0.05) is 30.5 Å². The van der Waals surface area contributed by atoms with E-state index in [2.05, 4.69) is 15.2 Å². The van der Waals surface area contributed by atoms with Crippen molar-refractivity contribution in [1.82, 2.24) is 10.3 Å². The second-order valence-electron chi connectivity index (χ2n) is 6.68. The van der Waals surface area contributed by atoms with Gasteiger partial charge in [-0.25, -0.2) is 4.98 Å². The van der Waals surface area contributed by atoms with Crippen LogP contribution in [0.5, 0.6) is 5.75 Å². The van der Waals surface area contributed by atoms with E-state index in [1.54, 1.807) is 6.07 Å². The fourth-order valence-corrected chi connectivity index (χ4v) is 3.36. The van der Waals surface area contributed by atoms with Crippen LogP contribution in [0.15, 0.2) is 30.5 Å². The summed E-state index contributed by atoms with van der Waals surface area (Å²) in [5.41, 5.74) is 7.42. The van der Waals surface area contributed by atoms with Gasteiger partial charge in [-0.15, -0.1) is 24.8 Å². The van der Waals surface area contributed by atoms with Crippen LogP contribution in [0.4, 0.5) is 11.5 Å². The van der Waals surface area contributed by atoms with Crippen LogP contribution in [0.25, 0.3) is 0 Å². The molecule has 1 fully saturated rings. The number of aromatic nitrogens is 1. The van der Waals surface area contributed by atoms with Gasteiger partial charge in [0.25, 0.3) is 5.91 Å². The molecule has 2 aromatic rings. The van der Waals surface area contributed by atoms with E-state index in [4.69, 9.17) is 22.1 Å². The molecule has 160 valence electrons. The molecule has 1 saturated heterocycles. The molecule has 0 bridgehead atoms. The highest BCUT2D eigenvalue weighted by Gasteiger charge is 2.15. The zero-order valence-electron chi connectivity index (χ0n) is 16.3. The van der Waals surface area contributed by atoms with Crippen LogP contribution < -0.4 is 20.7 Å². The highest BCUT2D eigenvalue weighted by atomic mass is 35.5. The van der Waals surface area contributed by atoms with Crippen molar-refractivity contribution in [3.8, 4) is 5.75 Å². The van der Waals surface area contributed by atoms with Crippen LogP contribution in [0, 0.1) is 0 Å². The smallest absolute Gasteiger partial charge is 0.255 e. The number of hydrogen-bond acceptors (Lipinski definition) is 5. The molecule has 0 unspecified atom stereocenters. The minimum Gasteiger partial charge on any atom is -0.496 e. The lowest BCUT2D eigenvalue weighted by atomic mass is 10.1. The maximum Gasteiger partial charge on any atom is 0.255 e. The van der Waals surface area contributed by atoms with Gasteiger partial charge in [-0.3, -0.25) is 4.79 Å². The number of carbonyl (C=O) groups is 1. The first-order valence-electron chi connectivity index (χ1n) is 9.19. The van der Waals surface area contributed by atoms with E-state index in [0.29, 0.717) is 28.6 Å². The molecule has 6 nitrogen and oxygen atoms in total. The van der Waals surface area contributed by atoms with E-state index < -0.39 is 0 Å². The second kappa shape index (κ2) is 12.0. The Kier molecular flexibility index (Phi) is 10.4. The molecule has 3 N–H and O–H groups in total. The number of anilines is 2. The van der Waals surface area contributed by atoms with Gasteiger partial charge in [0.05, 0.1) is 23.4 Å². The van der Waals surface area contributed by atoms with Gasteiger partial charge in [0.15, 0.2) is 0 Å². The minimum atomic E-state index is -0.273. The molecule has 1 aromatic heterocycles. The number of nitrogens with zero attached hydrogens (tertiary/aromatic N) is 2. The number of carbonyl (C=O) groups excluding carboxylic acids is 1. The Morgan fingerprint density at radius 2 is 1.90 bits per heavy atom. The third kappa shape index (κ3) is 6.56. The van der Waals surface area contributed by atoms with Crippen molar-refractivity contribution < 1.29 is 9.53 Å². The third-order valence-corrected chi connectivity index (χ3v) is 5.08. The summed E-state index contributed by atoms with van der Waals surface area (Å²) in [5, 5.41) is 3.20. The molecular formula is C20H27Cl3N4O2. The monoisotopic (exact) mass is 460 g/mol. The van der Waals surface area contributed by atoms with Crippen LogP contribution in [0.2, 0.25) is 5.02 Å². The average molecular weight is 462 g/mol. The number of halogens is 3. The van der Waals surface area contributed by atoms with E-state index >= 15 is 0 Å². The number of nitrogen functional groups attached to an aromatic ring is 1. The normalized spacial score (nSPS) is 13.5. The van der Waals surface area contributed by atoms with E-state index in [1.807, 2.05) is 18.3 Å². The topological polar surface area (TPSA) is 80.5 Å². The molecular weight excluding hydrogens is 435 g/mol. The lowest BCUT2D eigenvalue weighted by Gasteiger charge is -2.21. The first-order valence-corrected chi connectivity index (χ1v) is 9.57. The number of hydrogen-bond donors (Lipinski definition) is 2. The lowest BCUT2D eigenvalue weighted by molar-refractivity contribution is 0.0948. The predicted octanol–water partition coefficient (Wildman–Crippen LogP) is 4.48. The Balaban J connectivity index is 0.00000210. The SMILES string of the molecule is COc1cc(N)c(Cl)cc1C(=O)NCc1ccc(N2CCCCCC2)nc1.Cl.Cl. The molecule has 1 aliphatic heterocycles.